The molecule has 0 aromatic carbocycles. The minimum Gasteiger partial charge on any atom is -0.369 e. The number of anilines is 1. The zero-order chi connectivity index (χ0) is 15.2. The Balaban J connectivity index is 2.02. The Hall–Kier alpha value is -2.12. The Morgan fingerprint density at radius 1 is 1.38 bits per heavy atom. The van der Waals surface area contributed by atoms with E-state index >= 15 is 0 Å². The normalized spacial score (nSPS) is 18.2. The third kappa shape index (κ3) is 2.34. The molecule has 1 unspecified atom stereocenters. The number of nitrogens with one attached hydrogen (secondary N) is 1. The van der Waals surface area contributed by atoms with E-state index in [9.17, 15) is 17.6 Å². The maximum Gasteiger partial charge on any atom is 0.393 e. The Morgan fingerprint density at radius 2 is 2.14 bits per heavy atom. The monoisotopic (exact) mass is 300 g/mol. The van der Waals surface area contributed by atoms with Crippen molar-refractivity contribution in [2.75, 3.05) is 11.9 Å². The molecule has 3 rings (SSSR count). The van der Waals surface area contributed by atoms with Crippen LogP contribution in [0.5, 0.6) is 0 Å². The van der Waals surface area contributed by atoms with E-state index in [1.54, 1.807) is 11.6 Å². The highest BCUT2D eigenvalue weighted by Gasteiger charge is 2.42. The predicted octanol–water partition coefficient (Wildman–Crippen LogP) is 2.77. The fourth-order valence-electron chi connectivity index (χ4n) is 2.47. The van der Waals surface area contributed by atoms with Crippen molar-refractivity contribution in [1.29, 1.82) is 0 Å². The van der Waals surface area contributed by atoms with Crippen LogP contribution in [-0.2, 0) is 13.5 Å². The minimum atomic E-state index is -4.27. The van der Waals surface area contributed by atoms with Gasteiger partial charge >= 0.3 is 6.18 Å². The second-order valence-electron chi connectivity index (χ2n) is 4.97. The number of hydrogen-bond donors (Lipinski definition) is 1. The average Bonchev–Trinajstić information content (AvgIpc) is 2.75. The summed E-state index contributed by atoms with van der Waals surface area (Å²) in [6.45, 7) is -0.200. The van der Waals surface area contributed by atoms with Crippen molar-refractivity contribution in [2.45, 2.75) is 12.6 Å². The van der Waals surface area contributed by atoms with Gasteiger partial charge in [0, 0.05) is 26.2 Å². The molecule has 0 saturated heterocycles. The average molecular weight is 300 g/mol. The molecular weight excluding hydrogens is 288 g/mol. The van der Waals surface area contributed by atoms with Crippen molar-refractivity contribution < 1.29 is 17.6 Å². The summed E-state index contributed by atoms with van der Waals surface area (Å²) in [6, 6.07) is 1.45. The van der Waals surface area contributed by atoms with E-state index in [0.717, 1.165) is 6.20 Å². The Labute approximate surface area is 117 Å². The fraction of sp³-hybridized carbons (Fsp3) is 0.385. The van der Waals surface area contributed by atoms with Crippen LogP contribution in [0, 0.1) is 11.7 Å². The Morgan fingerprint density at radius 3 is 2.81 bits per heavy atom. The first-order valence-electron chi connectivity index (χ1n) is 6.34. The molecule has 1 aliphatic rings. The first-order valence-corrected chi connectivity index (χ1v) is 6.34. The second-order valence-corrected chi connectivity index (χ2v) is 4.97. The summed E-state index contributed by atoms with van der Waals surface area (Å²) < 4.78 is 53.7. The van der Waals surface area contributed by atoms with E-state index < -0.39 is 17.9 Å². The van der Waals surface area contributed by atoms with Crippen LogP contribution in [0.1, 0.15) is 5.69 Å². The molecule has 1 N–H and O–H groups in total. The largest absolute Gasteiger partial charge is 0.393 e. The van der Waals surface area contributed by atoms with Crippen LogP contribution in [0.2, 0.25) is 0 Å². The van der Waals surface area contributed by atoms with Crippen LogP contribution in [-0.4, -0.2) is 27.3 Å². The molecule has 2 aromatic rings. The minimum absolute atomic E-state index is 0.200. The molecule has 1 atom stereocenters. The van der Waals surface area contributed by atoms with E-state index in [-0.39, 0.29) is 24.4 Å². The van der Waals surface area contributed by atoms with Crippen molar-refractivity contribution >= 4 is 5.82 Å². The molecule has 4 nitrogen and oxygen atoms in total. The van der Waals surface area contributed by atoms with E-state index in [1.165, 1.54) is 12.3 Å². The standard InChI is InChI=1S/C13H12F4N4/c1-21-11(8-2-3-18-6-9(8)14)20-10-4-7(13(15,16)17)5-19-12(10)21/h2-3,6-7,19H,4-5H2,1H3. The van der Waals surface area contributed by atoms with Gasteiger partial charge in [0.2, 0.25) is 0 Å². The maximum atomic E-state index is 13.8. The SMILES string of the molecule is Cn1c(-c2ccncc2F)nc2c1NCC(C(F)(F)F)C2. The number of pyridine rings is 1. The number of hydrogen-bond acceptors (Lipinski definition) is 3. The van der Waals surface area contributed by atoms with Gasteiger partial charge in [-0.05, 0) is 6.07 Å². The van der Waals surface area contributed by atoms with Gasteiger partial charge in [-0.25, -0.2) is 9.37 Å². The molecule has 0 aliphatic carbocycles. The van der Waals surface area contributed by atoms with Crippen LogP contribution in [0.25, 0.3) is 11.4 Å². The lowest BCUT2D eigenvalue weighted by atomic mass is 9.99. The smallest absolute Gasteiger partial charge is 0.369 e. The molecular formula is C13H12F4N4. The van der Waals surface area contributed by atoms with Gasteiger partial charge in [0.05, 0.1) is 23.4 Å². The number of rotatable bonds is 1. The molecule has 3 heterocycles. The first kappa shape index (κ1) is 13.8. The van der Waals surface area contributed by atoms with Gasteiger partial charge in [-0.1, -0.05) is 0 Å². The van der Waals surface area contributed by atoms with Crippen molar-refractivity contribution in [1.82, 2.24) is 14.5 Å². The zero-order valence-corrected chi connectivity index (χ0v) is 11.1. The highest BCUT2D eigenvalue weighted by atomic mass is 19.4. The van der Waals surface area contributed by atoms with E-state index in [2.05, 4.69) is 15.3 Å². The van der Waals surface area contributed by atoms with Crippen LogP contribution in [0.4, 0.5) is 23.4 Å². The van der Waals surface area contributed by atoms with Crippen molar-refractivity contribution in [2.24, 2.45) is 13.0 Å². The van der Waals surface area contributed by atoms with E-state index in [1.807, 2.05) is 0 Å². The molecule has 8 heteroatoms. The van der Waals surface area contributed by atoms with Gasteiger partial charge in [0.25, 0.3) is 0 Å². The van der Waals surface area contributed by atoms with Crippen LogP contribution in [0.15, 0.2) is 18.5 Å². The Bertz CT molecular complexity index is 677. The lowest BCUT2D eigenvalue weighted by Crippen LogP contribution is -2.35. The molecule has 21 heavy (non-hydrogen) atoms. The summed E-state index contributed by atoms with van der Waals surface area (Å²) in [5, 5.41) is 2.74. The molecule has 0 saturated carbocycles. The van der Waals surface area contributed by atoms with Gasteiger partial charge in [0.15, 0.2) is 5.82 Å². The van der Waals surface area contributed by atoms with Crippen LogP contribution < -0.4 is 5.32 Å². The quantitative estimate of drug-likeness (QED) is 0.824. The summed E-state index contributed by atoms with van der Waals surface area (Å²) in [5.41, 5.74) is 0.518. The number of nitrogens with zero attached hydrogens (tertiary/aromatic N) is 3. The van der Waals surface area contributed by atoms with Crippen LogP contribution >= 0.6 is 0 Å². The van der Waals surface area contributed by atoms with E-state index in [4.69, 9.17) is 0 Å². The molecule has 0 amide bonds. The summed E-state index contributed by atoms with van der Waals surface area (Å²) >= 11 is 0. The van der Waals surface area contributed by atoms with Crippen molar-refractivity contribution in [3.63, 3.8) is 0 Å². The van der Waals surface area contributed by atoms with Gasteiger partial charge in [-0.2, -0.15) is 13.2 Å². The first-order chi connectivity index (χ1) is 9.88. The number of aromatic nitrogens is 3. The molecule has 2 aromatic heterocycles. The summed E-state index contributed by atoms with van der Waals surface area (Å²) in [6.07, 6.45) is -2.01. The summed E-state index contributed by atoms with van der Waals surface area (Å²) in [4.78, 5) is 7.83. The van der Waals surface area contributed by atoms with Crippen molar-refractivity contribution in [3.8, 4) is 11.4 Å². The van der Waals surface area contributed by atoms with E-state index in [0.29, 0.717) is 11.5 Å². The molecule has 1 aliphatic heterocycles. The summed E-state index contributed by atoms with van der Waals surface area (Å²) in [5.74, 6) is -1.25. The number of halogens is 4. The zero-order valence-electron chi connectivity index (χ0n) is 11.1. The van der Waals surface area contributed by atoms with Gasteiger partial charge in [-0.15, -0.1) is 0 Å². The maximum absolute atomic E-state index is 13.8. The summed E-state index contributed by atoms with van der Waals surface area (Å²) in [7, 11) is 1.64. The highest BCUT2D eigenvalue weighted by Crippen LogP contribution is 2.36. The number of imidazole rings is 1. The number of fused-ring (bicyclic) bond motifs is 1. The predicted molar refractivity (Wildman–Crippen MR) is 68.1 cm³/mol. The van der Waals surface area contributed by atoms with Gasteiger partial charge < -0.3 is 9.88 Å². The third-order valence-electron chi connectivity index (χ3n) is 3.60. The van der Waals surface area contributed by atoms with Crippen molar-refractivity contribution in [3.05, 3.63) is 30.0 Å². The molecule has 112 valence electrons. The van der Waals surface area contributed by atoms with Gasteiger partial charge in [0.1, 0.15) is 11.6 Å². The molecule has 0 radical (unpaired) electrons. The van der Waals surface area contributed by atoms with Crippen LogP contribution in [0.3, 0.4) is 0 Å². The number of alkyl halides is 3. The highest BCUT2D eigenvalue weighted by molar-refractivity contribution is 5.62. The topological polar surface area (TPSA) is 42.7 Å². The molecule has 0 bridgehead atoms. The van der Waals surface area contributed by atoms with Gasteiger partial charge in [-0.3, -0.25) is 4.98 Å². The second kappa shape index (κ2) is 4.71. The molecule has 0 fully saturated rings. The third-order valence-corrected chi connectivity index (χ3v) is 3.60. The Kier molecular flexibility index (Phi) is 3.11. The lowest BCUT2D eigenvalue weighted by molar-refractivity contribution is -0.171. The molecule has 0 spiro atoms. The lowest BCUT2D eigenvalue weighted by Gasteiger charge is -2.25. The fourth-order valence-corrected chi connectivity index (χ4v) is 2.47.